The topological polar surface area (TPSA) is 105 Å². The number of fused-ring (bicyclic) bond motifs is 1. The summed E-state index contributed by atoms with van der Waals surface area (Å²) in [6, 6.07) is 6.81. The molecule has 92 valence electrons. The van der Waals surface area contributed by atoms with Crippen LogP contribution in [0.2, 0.25) is 0 Å². The number of hydrogen-bond acceptors (Lipinski definition) is 5. The summed E-state index contributed by atoms with van der Waals surface area (Å²) in [6.07, 6.45) is 1.12. The van der Waals surface area contributed by atoms with E-state index >= 15 is 0 Å². The minimum Gasteiger partial charge on any atom is -0.480 e. The molecule has 0 saturated heterocycles. The number of nitro groups is 1. The van der Waals surface area contributed by atoms with E-state index in [4.69, 9.17) is 5.11 Å². The van der Waals surface area contributed by atoms with Crippen LogP contribution in [-0.2, 0) is 4.79 Å². The fourth-order valence-corrected chi connectivity index (χ4v) is 1.62. The van der Waals surface area contributed by atoms with Crippen molar-refractivity contribution in [3.05, 3.63) is 40.6 Å². The molecule has 0 bridgehead atoms. The van der Waals surface area contributed by atoms with Crippen molar-refractivity contribution in [1.29, 1.82) is 0 Å². The number of rotatable bonds is 4. The molecule has 0 unspecified atom stereocenters. The maximum absolute atomic E-state index is 10.9. The first-order chi connectivity index (χ1) is 8.59. The molecule has 0 aliphatic rings. The molecule has 0 radical (unpaired) electrons. The molecule has 0 amide bonds. The van der Waals surface area contributed by atoms with Crippen LogP contribution >= 0.6 is 0 Å². The van der Waals surface area contributed by atoms with E-state index in [0.717, 1.165) is 6.20 Å². The zero-order chi connectivity index (χ0) is 13.1. The lowest BCUT2D eigenvalue weighted by Crippen LogP contribution is -2.13. The highest BCUT2D eigenvalue weighted by molar-refractivity contribution is 5.96. The summed E-state index contributed by atoms with van der Waals surface area (Å²) in [4.78, 5) is 24.8. The third-order valence-corrected chi connectivity index (χ3v) is 2.37. The second-order valence-corrected chi connectivity index (χ2v) is 3.54. The van der Waals surface area contributed by atoms with Crippen LogP contribution in [0.1, 0.15) is 0 Å². The number of anilines is 1. The summed E-state index contributed by atoms with van der Waals surface area (Å²) >= 11 is 0. The van der Waals surface area contributed by atoms with Crippen LogP contribution in [0.15, 0.2) is 30.5 Å². The van der Waals surface area contributed by atoms with Gasteiger partial charge in [-0.25, -0.2) is 4.98 Å². The Balaban J connectivity index is 2.58. The van der Waals surface area contributed by atoms with Crippen molar-refractivity contribution in [2.45, 2.75) is 0 Å². The molecule has 1 heterocycles. The van der Waals surface area contributed by atoms with Crippen molar-refractivity contribution in [3.63, 3.8) is 0 Å². The first kappa shape index (κ1) is 11.8. The average Bonchev–Trinajstić information content (AvgIpc) is 2.35. The number of pyridine rings is 1. The van der Waals surface area contributed by atoms with E-state index in [0.29, 0.717) is 10.9 Å². The van der Waals surface area contributed by atoms with Crippen molar-refractivity contribution in [1.82, 2.24) is 4.98 Å². The van der Waals surface area contributed by atoms with Gasteiger partial charge in [-0.1, -0.05) is 18.2 Å². The maximum atomic E-state index is 10.9. The number of para-hydroxylation sites is 1. The molecule has 0 aliphatic carbocycles. The molecule has 2 rings (SSSR count). The lowest BCUT2D eigenvalue weighted by Gasteiger charge is -2.07. The molecule has 2 aromatic rings. The van der Waals surface area contributed by atoms with Gasteiger partial charge >= 0.3 is 11.7 Å². The van der Waals surface area contributed by atoms with E-state index in [1.807, 2.05) is 0 Å². The van der Waals surface area contributed by atoms with Gasteiger partial charge in [0.2, 0.25) is 0 Å². The van der Waals surface area contributed by atoms with Gasteiger partial charge in [-0.05, 0) is 6.07 Å². The summed E-state index contributed by atoms with van der Waals surface area (Å²) in [6.45, 7) is -0.394. The van der Waals surface area contributed by atoms with Gasteiger partial charge in [0, 0.05) is 5.39 Å². The summed E-state index contributed by atoms with van der Waals surface area (Å²) in [7, 11) is 0. The molecule has 0 aliphatic heterocycles. The Labute approximate surface area is 101 Å². The number of carboxylic acids is 1. The van der Waals surface area contributed by atoms with Crippen molar-refractivity contribution < 1.29 is 14.8 Å². The van der Waals surface area contributed by atoms with Crippen LogP contribution in [0.3, 0.4) is 0 Å². The minimum absolute atomic E-state index is 0.174. The van der Waals surface area contributed by atoms with Gasteiger partial charge in [-0.15, -0.1) is 0 Å². The smallest absolute Gasteiger partial charge is 0.322 e. The van der Waals surface area contributed by atoms with Crippen LogP contribution in [0, 0.1) is 10.1 Å². The zero-order valence-electron chi connectivity index (χ0n) is 9.16. The Morgan fingerprint density at radius 3 is 2.83 bits per heavy atom. The van der Waals surface area contributed by atoms with Gasteiger partial charge in [0.25, 0.3) is 0 Å². The molecule has 2 N–H and O–H groups in total. The number of nitrogens with zero attached hydrogens (tertiary/aromatic N) is 2. The van der Waals surface area contributed by atoms with Crippen molar-refractivity contribution in [3.8, 4) is 0 Å². The first-order valence-corrected chi connectivity index (χ1v) is 5.07. The number of aromatic nitrogens is 1. The molecule has 7 heteroatoms. The number of carbonyl (C=O) groups is 1. The van der Waals surface area contributed by atoms with Crippen molar-refractivity contribution >= 4 is 28.2 Å². The normalized spacial score (nSPS) is 10.2. The van der Waals surface area contributed by atoms with Gasteiger partial charge in [-0.2, -0.15) is 0 Å². The van der Waals surface area contributed by atoms with Crippen LogP contribution in [0.25, 0.3) is 10.9 Å². The van der Waals surface area contributed by atoms with Gasteiger partial charge in [-0.3, -0.25) is 14.9 Å². The largest absolute Gasteiger partial charge is 0.480 e. The lowest BCUT2D eigenvalue weighted by atomic mass is 10.1. The van der Waals surface area contributed by atoms with E-state index in [-0.39, 0.29) is 11.4 Å². The number of benzene rings is 1. The van der Waals surface area contributed by atoms with E-state index in [1.165, 1.54) is 0 Å². The molecular formula is C11H9N3O4. The fourth-order valence-electron chi connectivity index (χ4n) is 1.62. The van der Waals surface area contributed by atoms with Gasteiger partial charge in [0.1, 0.15) is 18.4 Å². The first-order valence-electron chi connectivity index (χ1n) is 5.07. The van der Waals surface area contributed by atoms with Gasteiger partial charge in [0.05, 0.1) is 10.4 Å². The Bertz CT molecular complexity index is 627. The molecule has 1 aromatic heterocycles. The Morgan fingerprint density at radius 1 is 1.44 bits per heavy atom. The SMILES string of the molecule is O=C(O)CNc1c([N+](=O)[O-])cnc2ccccc12. The number of nitrogens with one attached hydrogen (secondary N) is 1. The highest BCUT2D eigenvalue weighted by Crippen LogP contribution is 2.30. The Hall–Kier alpha value is -2.70. The summed E-state index contributed by atoms with van der Waals surface area (Å²) in [5.41, 5.74) is 0.499. The second-order valence-electron chi connectivity index (χ2n) is 3.54. The van der Waals surface area contributed by atoms with E-state index in [1.54, 1.807) is 24.3 Å². The van der Waals surface area contributed by atoms with Crippen LogP contribution in [-0.4, -0.2) is 27.5 Å². The molecule has 0 fully saturated rings. The molecule has 7 nitrogen and oxygen atoms in total. The van der Waals surface area contributed by atoms with E-state index in [2.05, 4.69) is 10.3 Å². The van der Waals surface area contributed by atoms with Crippen LogP contribution < -0.4 is 5.32 Å². The summed E-state index contributed by atoms with van der Waals surface area (Å²) in [5.74, 6) is -1.09. The Morgan fingerprint density at radius 2 is 2.17 bits per heavy atom. The Kier molecular flexibility index (Phi) is 3.05. The second kappa shape index (κ2) is 4.66. The zero-order valence-corrected chi connectivity index (χ0v) is 9.16. The summed E-state index contributed by atoms with van der Waals surface area (Å²) in [5, 5.41) is 22.6. The third-order valence-electron chi connectivity index (χ3n) is 2.37. The number of aliphatic carboxylic acids is 1. The summed E-state index contributed by atoms with van der Waals surface area (Å²) < 4.78 is 0. The molecule has 0 spiro atoms. The monoisotopic (exact) mass is 247 g/mol. The molecule has 1 aromatic carbocycles. The molecule has 18 heavy (non-hydrogen) atoms. The van der Waals surface area contributed by atoms with Gasteiger partial charge < -0.3 is 10.4 Å². The average molecular weight is 247 g/mol. The van der Waals surface area contributed by atoms with Crippen LogP contribution in [0.5, 0.6) is 0 Å². The molecular weight excluding hydrogens is 238 g/mol. The molecule has 0 saturated carbocycles. The number of carboxylic acid groups (broad SMARTS) is 1. The molecule has 0 atom stereocenters. The maximum Gasteiger partial charge on any atom is 0.322 e. The quantitative estimate of drug-likeness (QED) is 0.628. The number of hydrogen-bond donors (Lipinski definition) is 2. The minimum atomic E-state index is -1.09. The van der Waals surface area contributed by atoms with E-state index < -0.39 is 17.4 Å². The van der Waals surface area contributed by atoms with Gasteiger partial charge in [0.15, 0.2) is 0 Å². The van der Waals surface area contributed by atoms with Crippen LogP contribution in [0.4, 0.5) is 11.4 Å². The highest BCUT2D eigenvalue weighted by atomic mass is 16.6. The third kappa shape index (κ3) is 2.19. The van der Waals surface area contributed by atoms with E-state index in [9.17, 15) is 14.9 Å². The fraction of sp³-hybridized carbons (Fsp3) is 0.0909. The lowest BCUT2D eigenvalue weighted by molar-refractivity contribution is -0.384. The van der Waals surface area contributed by atoms with Crippen molar-refractivity contribution in [2.75, 3.05) is 11.9 Å². The van der Waals surface area contributed by atoms with Crippen molar-refractivity contribution in [2.24, 2.45) is 0 Å². The highest BCUT2D eigenvalue weighted by Gasteiger charge is 2.18. The predicted molar refractivity (Wildman–Crippen MR) is 64.5 cm³/mol. The predicted octanol–water partition coefficient (Wildman–Crippen LogP) is 1.64. The standard InChI is InChI=1S/C11H9N3O4/c15-10(16)6-13-11-7-3-1-2-4-8(7)12-5-9(11)14(17)18/h1-5H,6H2,(H,12,13)(H,15,16).